The molecule has 4 nitrogen and oxygen atoms in total. The van der Waals surface area contributed by atoms with Crippen LogP contribution in [0.1, 0.15) is 66.2 Å². The van der Waals surface area contributed by atoms with Crippen LogP contribution in [-0.4, -0.2) is 42.3 Å². The molecule has 1 aliphatic carbocycles. The zero-order valence-corrected chi connectivity index (χ0v) is 14.2. The SMILES string of the molecule is CC1(CNCC2CCCCN2C(=O)OC(C)(C)C)CCC1. The highest BCUT2D eigenvalue weighted by atomic mass is 16.6. The zero-order chi connectivity index (χ0) is 15.5. The number of rotatable bonds is 4. The average Bonchev–Trinajstić information content (AvgIpc) is 2.35. The predicted octanol–water partition coefficient (Wildman–Crippen LogP) is 3.56. The Morgan fingerprint density at radius 1 is 1.29 bits per heavy atom. The highest BCUT2D eigenvalue weighted by Crippen LogP contribution is 2.39. The Labute approximate surface area is 129 Å². The van der Waals surface area contributed by atoms with Crippen LogP contribution in [0, 0.1) is 5.41 Å². The fourth-order valence-electron chi connectivity index (χ4n) is 3.27. The van der Waals surface area contributed by atoms with E-state index in [-0.39, 0.29) is 12.1 Å². The third-order valence-corrected chi connectivity index (χ3v) is 4.75. The van der Waals surface area contributed by atoms with E-state index >= 15 is 0 Å². The Morgan fingerprint density at radius 2 is 2.00 bits per heavy atom. The monoisotopic (exact) mass is 296 g/mol. The topological polar surface area (TPSA) is 41.6 Å². The molecule has 0 radical (unpaired) electrons. The summed E-state index contributed by atoms with van der Waals surface area (Å²) in [7, 11) is 0. The van der Waals surface area contributed by atoms with Gasteiger partial charge in [-0.2, -0.15) is 0 Å². The summed E-state index contributed by atoms with van der Waals surface area (Å²) < 4.78 is 5.55. The second-order valence-corrected chi connectivity index (χ2v) is 8.12. The molecule has 1 N–H and O–H groups in total. The third kappa shape index (κ3) is 4.87. The second-order valence-electron chi connectivity index (χ2n) is 8.12. The Balaban J connectivity index is 1.82. The first-order valence-corrected chi connectivity index (χ1v) is 8.49. The molecule has 1 amide bonds. The molecule has 1 atom stereocenters. The van der Waals surface area contributed by atoms with Gasteiger partial charge in [-0.15, -0.1) is 0 Å². The van der Waals surface area contributed by atoms with Gasteiger partial charge in [0, 0.05) is 25.7 Å². The zero-order valence-electron chi connectivity index (χ0n) is 14.2. The van der Waals surface area contributed by atoms with Crippen LogP contribution in [0.2, 0.25) is 0 Å². The van der Waals surface area contributed by atoms with Crippen molar-refractivity contribution in [1.29, 1.82) is 0 Å². The van der Waals surface area contributed by atoms with Crippen molar-refractivity contribution in [3.05, 3.63) is 0 Å². The number of nitrogens with zero attached hydrogens (tertiary/aromatic N) is 1. The lowest BCUT2D eigenvalue weighted by Crippen LogP contribution is -2.51. The first kappa shape index (κ1) is 16.6. The van der Waals surface area contributed by atoms with Crippen molar-refractivity contribution in [2.75, 3.05) is 19.6 Å². The summed E-state index contributed by atoms with van der Waals surface area (Å²) in [6.45, 7) is 11.0. The fourth-order valence-corrected chi connectivity index (χ4v) is 3.27. The summed E-state index contributed by atoms with van der Waals surface area (Å²) in [5.74, 6) is 0. The molecule has 2 rings (SSSR count). The first-order chi connectivity index (χ1) is 9.79. The molecular weight excluding hydrogens is 264 g/mol. The van der Waals surface area contributed by atoms with Crippen molar-refractivity contribution >= 4 is 6.09 Å². The molecule has 0 aromatic heterocycles. The van der Waals surface area contributed by atoms with Gasteiger partial charge < -0.3 is 15.0 Å². The van der Waals surface area contributed by atoms with Gasteiger partial charge >= 0.3 is 6.09 Å². The number of likely N-dealkylation sites (tertiary alicyclic amines) is 1. The van der Waals surface area contributed by atoms with Crippen molar-refractivity contribution in [2.24, 2.45) is 5.41 Å². The molecule has 21 heavy (non-hydrogen) atoms. The number of carbonyl (C=O) groups is 1. The molecule has 1 unspecified atom stereocenters. The molecule has 122 valence electrons. The van der Waals surface area contributed by atoms with E-state index in [1.807, 2.05) is 25.7 Å². The van der Waals surface area contributed by atoms with Gasteiger partial charge in [-0.1, -0.05) is 13.3 Å². The maximum atomic E-state index is 12.3. The number of ether oxygens (including phenoxy) is 1. The number of piperidine rings is 1. The van der Waals surface area contributed by atoms with Gasteiger partial charge in [0.1, 0.15) is 5.60 Å². The molecule has 2 fully saturated rings. The van der Waals surface area contributed by atoms with E-state index in [0.717, 1.165) is 32.5 Å². The lowest BCUT2D eigenvalue weighted by Gasteiger charge is -2.40. The summed E-state index contributed by atoms with van der Waals surface area (Å²) in [6, 6.07) is 0.289. The summed E-state index contributed by atoms with van der Waals surface area (Å²) >= 11 is 0. The van der Waals surface area contributed by atoms with Gasteiger partial charge in [-0.05, 0) is 58.3 Å². The number of amides is 1. The highest BCUT2D eigenvalue weighted by molar-refractivity contribution is 5.68. The summed E-state index contributed by atoms with van der Waals surface area (Å²) in [5, 5.41) is 3.60. The molecule has 0 aromatic carbocycles. The number of hydrogen-bond donors (Lipinski definition) is 1. The fraction of sp³-hybridized carbons (Fsp3) is 0.941. The van der Waals surface area contributed by atoms with E-state index in [2.05, 4.69) is 12.2 Å². The number of carbonyl (C=O) groups excluding carboxylic acids is 1. The minimum absolute atomic E-state index is 0.149. The maximum absolute atomic E-state index is 12.3. The van der Waals surface area contributed by atoms with E-state index in [0.29, 0.717) is 5.41 Å². The van der Waals surface area contributed by atoms with Gasteiger partial charge in [0.2, 0.25) is 0 Å². The first-order valence-electron chi connectivity index (χ1n) is 8.49. The van der Waals surface area contributed by atoms with Gasteiger partial charge in [0.25, 0.3) is 0 Å². The normalized spacial score (nSPS) is 25.3. The third-order valence-electron chi connectivity index (χ3n) is 4.75. The van der Waals surface area contributed by atoms with E-state index in [1.165, 1.54) is 25.7 Å². The van der Waals surface area contributed by atoms with Crippen LogP contribution in [0.15, 0.2) is 0 Å². The molecule has 2 aliphatic rings. The minimum Gasteiger partial charge on any atom is -0.444 e. The smallest absolute Gasteiger partial charge is 0.410 e. The lowest BCUT2D eigenvalue weighted by molar-refractivity contribution is 0.00944. The van der Waals surface area contributed by atoms with E-state index in [1.54, 1.807) is 0 Å². The van der Waals surface area contributed by atoms with Crippen LogP contribution >= 0.6 is 0 Å². The molecule has 0 aromatic rings. The predicted molar refractivity (Wildman–Crippen MR) is 85.4 cm³/mol. The molecule has 1 heterocycles. The van der Waals surface area contributed by atoms with Crippen molar-refractivity contribution < 1.29 is 9.53 Å². The Bertz CT molecular complexity index is 358. The van der Waals surface area contributed by atoms with Crippen molar-refractivity contribution in [3.8, 4) is 0 Å². The molecule has 1 saturated heterocycles. The standard InChI is InChI=1S/C17H32N2O2/c1-16(2,3)21-15(20)19-11-6-5-8-14(19)12-18-13-17(4)9-7-10-17/h14,18H,5-13H2,1-4H3. The lowest BCUT2D eigenvalue weighted by atomic mass is 9.70. The second kappa shape index (κ2) is 6.55. The molecule has 1 aliphatic heterocycles. The number of nitrogens with one attached hydrogen (secondary N) is 1. The van der Waals surface area contributed by atoms with Crippen LogP contribution < -0.4 is 5.32 Å². The Morgan fingerprint density at radius 3 is 2.57 bits per heavy atom. The van der Waals surface area contributed by atoms with Crippen LogP contribution in [0.4, 0.5) is 4.79 Å². The largest absolute Gasteiger partial charge is 0.444 e. The van der Waals surface area contributed by atoms with E-state index < -0.39 is 5.60 Å². The summed E-state index contributed by atoms with van der Waals surface area (Å²) in [6.07, 6.45) is 7.27. The van der Waals surface area contributed by atoms with Crippen molar-refractivity contribution in [1.82, 2.24) is 10.2 Å². The number of hydrogen-bond acceptors (Lipinski definition) is 3. The van der Waals surface area contributed by atoms with Gasteiger partial charge in [-0.3, -0.25) is 0 Å². The van der Waals surface area contributed by atoms with Crippen LogP contribution in [-0.2, 0) is 4.74 Å². The molecule has 0 spiro atoms. The van der Waals surface area contributed by atoms with E-state index in [9.17, 15) is 4.79 Å². The van der Waals surface area contributed by atoms with Crippen molar-refractivity contribution in [2.45, 2.75) is 77.9 Å². The molecule has 0 bridgehead atoms. The van der Waals surface area contributed by atoms with Crippen LogP contribution in [0.25, 0.3) is 0 Å². The highest BCUT2D eigenvalue weighted by Gasteiger charge is 2.33. The van der Waals surface area contributed by atoms with E-state index in [4.69, 9.17) is 4.74 Å². The summed E-state index contributed by atoms with van der Waals surface area (Å²) in [5.41, 5.74) is 0.0807. The van der Waals surface area contributed by atoms with Gasteiger partial charge in [0.05, 0.1) is 0 Å². The Kier molecular flexibility index (Phi) is 5.18. The summed E-state index contributed by atoms with van der Waals surface area (Å²) in [4.78, 5) is 14.3. The Hall–Kier alpha value is -0.770. The van der Waals surface area contributed by atoms with Gasteiger partial charge in [-0.25, -0.2) is 4.79 Å². The molecular formula is C17H32N2O2. The van der Waals surface area contributed by atoms with Crippen molar-refractivity contribution in [3.63, 3.8) is 0 Å². The maximum Gasteiger partial charge on any atom is 0.410 e. The molecule has 1 saturated carbocycles. The molecule has 4 heteroatoms. The van der Waals surface area contributed by atoms with Crippen LogP contribution in [0.3, 0.4) is 0 Å². The minimum atomic E-state index is -0.411. The quantitative estimate of drug-likeness (QED) is 0.862. The van der Waals surface area contributed by atoms with Crippen LogP contribution in [0.5, 0.6) is 0 Å². The van der Waals surface area contributed by atoms with Gasteiger partial charge in [0.15, 0.2) is 0 Å². The average molecular weight is 296 g/mol.